The lowest BCUT2D eigenvalue weighted by molar-refractivity contribution is 0.0278. The number of carbonyl (C=O) groups excluding carboxylic acids is 1. The molecule has 0 saturated heterocycles. The van der Waals surface area contributed by atoms with Crippen molar-refractivity contribution < 1.29 is 22.7 Å². The number of carbonyl (C=O) groups is 1. The second-order valence-corrected chi connectivity index (χ2v) is 10.2. The Morgan fingerprint density at radius 1 is 1.06 bits per heavy atom. The largest absolute Gasteiger partial charge is 0.491 e. The van der Waals surface area contributed by atoms with Gasteiger partial charge in [-0.1, -0.05) is 24.3 Å². The zero-order valence-corrected chi connectivity index (χ0v) is 19.3. The van der Waals surface area contributed by atoms with Crippen LogP contribution in [0.4, 0.5) is 4.79 Å². The van der Waals surface area contributed by atoms with Gasteiger partial charge < -0.3 is 18.9 Å². The Bertz CT molecular complexity index is 1180. The van der Waals surface area contributed by atoms with E-state index in [9.17, 15) is 13.2 Å². The second kappa shape index (κ2) is 8.63. The summed E-state index contributed by atoms with van der Waals surface area (Å²) in [6.07, 6.45) is -0.426. The van der Waals surface area contributed by atoms with Crippen LogP contribution in [-0.4, -0.2) is 49.8 Å². The van der Waals surface area contributed by atoms with E-state index in [0.29, 0.717) is 17.7 Å². The number of fused-ring (bicyclic) bond motifs is 1. The van der Waals surface area contributed by atoms with E-state index in [1.54, 1.807) is 61.1 Å². The minimum absolute atomic E-state index is 0.190. The molecule has 0 radical (unpaired) electrons. The molecule has 1 aromatic heterocycles. The predicted molar refractivity (Wildman–Crippen MR) is 119 cm³/mol. The van der Waals surface area contributed by atoms with Crippen molar-refractivity contribution in [3.8, 4) is 5.75 Å². The SMILES string of the molecule is CN(CCOc1cccc2c1cc(S(=O)(=O)c1ccccc1)n2C)C(=O)OC(C)(C)C. The third-order valence-electron chi connectivity index (χ3n) is 4.72. The number of benzene rings is 2. The van der Waals surface area contributed by atoms with Crippen LogP contribution in [0.25, 0.3) is 10.9 Å². The van der Waals surface area contributed by atoms with Crippen LogP contribution in [0.3, 0.4) is 0 Å². The van der Waals surface area contributed by atoms with E-state index >= 15 is 0 Å². The van der Waals surface area contributed by atoms with Crippen LogP contribution in [0.1, 0.15) is 20.8 Å². The quantitative estimate of drug-likeness (QED) is 0.568. The Balaban J connectivity index is 1.81. The Labute approximate surface area is 183 Å². The number of amides is 1. The third kappa shape index (κ3) is 5.02. The lowest BCUT2D eigenvalue weighted by atomic mass is 10.2. The van der Waals surface area contributed by atoms with Crippen LogP contribution in [0.2, 0.25) is 0 Å². The lowest BCUT2D eigenvalue weighted by Crippen LogP contribution is -2.36. The summed E-state index contributed by atoms with van der Waals surface area (Å²) < 4.78 is 39.1. The van der Waals surface area contributed by atoms with Crippen molar-refractivity contribution in [2.75, 3.05) is 20.2 Å². The highest BCUT2D eigenvalue weighted by Crippen LogP contribution is 2.32. The van der Waals surface area contributed by atoms with Gasteiger partial charge in [0.1, 0.15) is 23.0 Å². The van der Waals surface area contributed by atoms with Crippen LogP contribution in [0.15, 0.2) is 64.5 Å². The number of likely N-dealkylation sites (N-methyl/N-ethyl adjacent to an activating group) is 1. The molecule has 0 spiro atoms. The summed E-state index contributed by atoms with van der Waals surface area (Å²) in [5, 5.41) is 0.884. The number of aromatic nitrogens is 1. The molecule has 166 valence electrons. The van der Waals surface area contributed by atoms with E-state index in [1.165, 1.54) is 4.90 Å². The molecule has 0 saturated carbocycles. The number of hydrogen-bond acceptors (Lipinski definition) is 5. The van der Waals surface area contributed by atoms with Gasteiger partial charge in [0.2, 0.25) is 9.84 Å². The van der Waals surface area contributed by atoms with Crippen LogP contribution in [-0.2, 0) is 21.6 Å². The molecule has 0 aliphatic rings. The maximum Gasteiger partial charge on any atom is 0.410 e. The maximum absolute atomic E-state index is 13.1. The first-order valence-electron chi connectivity index (χ1n) is 9.96. The van der Waals surface area contributed by atoms with Gasteiger partial charge in [-0.25, -0.2) is 13.2 Å². The molecule has 0 aliphatic heterocycles. The molecule has 1 amide bonds. The van der Waals surface area contributed by atoms with Gasteiger partial charge in [0.25, 0.3) is 0 Å². The number of rotatable bonds is 6. The van der Waals surface area contributed by atoms with Gasteiger partial charge in [-0.05, 0) is 51.1 Å². The fourth-order valence-corrected chi connectivity index (χ4v) is 4.63. The molecular weight excluding hydrogens is 416 g/mol. The Kier molecular flexibility index (Phi) is 6.31. The average molecular weight is 445 g/mol. The van der Waals surface area contributed by atoms with Gasteiger partial charge in [-0.15, -0.1) is 0 Å². The first-order valence-corrected chi connectivity index (χ1v) is 11.4. The summed E-state index contributed by atoms with van der Waals surface area (Å²) in [5.74, 6) is 0.556. The summed E-state index contributed by atoms with van der Waals surface area (Å²) in [6.45, 7) is 6.00. The third-order valence-corrected chi connectivity index (χ3v) is 6.56. The Hall–Kier alpha value is -3.00. The smallest absolute Gasteiger partial charge is 0.410 e. The zero-order chi connectivity index (χ0) is 22.8. The predicted octanol–water partition coefficient (Wildman–Crippen LogP) is 4.26. The van der Waals surface area contributed by atoms with Gasteiger partial charge in [0.05, 0.1) is 17.0 Å². The molecule has 1 heterocycles. The van der Waals surface area contributed by atoms with Crippen LogP contribution < -0.4 is 4.74 Å². The van der Waals surface area contributed by atoms with Crippen molar-refractivity contribution in [2.24, 2.45) is 7.05 Å². The van der Waals surface area contributed by atoms with Crippen molar-refractivity contribution in [2.45, 2.75) is 36.3 Å². The topological polar surface area (TPSA) is 77.8 Å². The molecule has 2 aromatic carbocycles. The molecule has 8 heteroatoms. The minimum Gasteiger partial charge on any atom is -0.491 e. The Morgan fingerprint density at radius 3 is 2.39 bits per heavy atom. The number of aryl methyl sites for hydroxylation is 1. The zero-order valence-electron chi connectivity index (χ0n) is 18.5. The molecule has 0 atom stereocenters. The van der Waals surface area contributed by atoms with E-state index in [-0.39, 0.29) is 16.5 Å². The molecule has 3 aromatic rings. The number of hydrogen-bond donors (Lipinski definition) is 0. The highest BCUT2D eigenvalue weighted by Gasteiger charge is 2.24. The highest BCUT2D eigenvalue weighted by molar-refractivity contribution is 7.91. The van der Waals surface area contributed by atoms with E-state index in [1.807, 2.05) is 32.9 Å². The molecule has 0 bridgehead atoms. The van der Waals surface area contributed by atoms with E-state index in [4.69, 9.17) is 9.47 Å². The summed E-state index contributed by atoms with van der Waals surface area (Å²) in [4.78, 5) is 13.8. The van der Waals surface area contributed by atoms with Crippen molar-refractivity contribution in [3.05, 3.63) is 54.6 Å². The summed E-state index contributed by atoms with van der Waals surface area (Å²) >= 11 is 0. The molecule has 0 fully saturated rings. The number of nitrogens with zero attached hydrogens (tertiary/aromatic N) is 2. The first-order chi connectivity index (χ1) is 14.5. The molecule has 31 heavy (non-hydrogen) atoms. The van der Waals surface area contributed by atoms with E-state index < -0.39 is 21.5 Å². The van der Waals surface area contributed by atoms with Crippen molar-refractivity contribution >= 4 is 26.8 Å². The molecule has 0 unspecified atom stereocenters. The summed E-state index contributed by atoms with van der Waals surface area (Å²) in [5.41, 5.74) is 0.176. The Morgan fingerprint density at radius 2 is 1.74 bits per heavy atom. The lowest BCUT2D eigenvalue weighted by Gasteiger charge is -2.24. The van der Waals surface area contributed by atoms with E-state index in [0.717, 1.165) is 5.52 Å². The van der Waals surface area contributed by atoms with Gasteiger partial charge >= 0.3 is 6.09 Å². The second-order valence-electron chi connectivity index (χ2n) is 8.30. The summed E-state index contributed by atoms with van der Waals surface area (Å²) in [7, 11) is -0.308. The van der Waals surface area contributed by atoms with Gasteiger partial charge in [0.15, 0.2) is 0 Å². The standard InChI is InChI=1S/C23H28N2O5S/c1-23(2,3)30-22(26)24(4)14-15-29-20-13-9-12-19-18(20)16-21(25(19)5)31(27,28)17-10-7-6-8-11-17/h6-13,16H,14-15H2,1-5H3. The minimum atomic E-state index is -3.67. The molecular formula is C23H28N2O5S. The summed E-state index contributed by atoms with van der Waals surface area (Å²) in [6, 6.07) is 15.4. The molecule has 7 nitrogen and oxygen atoms in total. The van der Waals surface area contributed by atoms with Gasteiger partial charge in [-0.3, -0.25) is 0 Å². The van der Waals surface area contributed by atoms with E-state index in [2.05, 4.69) is 0 Å². The molecule has 0 aliphatic carbocycles. The highest BCUT2D eigenvalue weighted by atomic mass is 32.2. The van der Waals surface area contributed by atoms with Crippen LogP contribution in [0, 0.1) is 0 Å². The van der Waals surface area contributed by atoms with Crippen molar-refractivity contribution in [1.82, 2.24) is 9.47 Å². The fraction of sp³-hybridized carbons (Fsp3) is 0.348. The molecule has 0 N–H and O–H groups in total. The van der Waals surface area contributed by atoms with Gasteiger partial charge in [0, 0.05) is 19.5 Å². The fourth-order valence-electron chi connectivity index (χ4n) is 3.14. The first kappa shape index (κ1) is 22.7. The van der Waals surface area contributed by atoms with Crippen LogP contribution >= 0.6 is 0 Å². The maximum atomic E-state index is 13.1. The monoisotopic (exact) mass is 444 g/mol. The normalized spacial score (nSPS) is 12.0. The van der Waals surface area contributed by atoms with Crippen LogP contribution in [0.5, 0.6) is 5.75 Å². The molecule has 3 rings (SSSR count). The van der Waals surface area contributed by atoms with Gasteiger partial charge in [-0.2, -0.15) is 0 Å². The van der Waals surface area contributed by atoms with Crippen molar-refractivity contribution in [3.63, 3.8) is 0 Å². The number of sulfone groups is 1. The average Bonchev–Trinajstić information content (AvgIpc) is 3.05. The number of ether oxygens (including phenoxy) is 2. The van der Waals surface area contributed by atoms with Crippen molar-refractivity contribution in [1.29, 1.82) is 0 Å².